The van der Waals surface area contributed by atoms with Crippen molar-refractivity contribution < 1.29 is 13.5 Å². The minimum atomic E-state index is -3.49. The molecular formula is C14H21NO3S. The van der Waals surface area contributed by atoms with E-state index in [2.05, 4.69) is 11.6 Å². The Morgan fingerprint density at radius 2 is 2.11 bits per heavy atom. The second kappa shape index (κ2) is 5.61. The van der Waals surface area contributed by atoms with E-state index in [0.29, 0.717) is 17.0 Å². The molecule has 2 rings (SSSR count). The van der Waals surface area contributed by atoms with Crippen molar-refractivity contribution in [2.45, 2.75) is 50.7 Å². The largest absolute Gasteiger partial charge is 0.392 e. The molecular weight excluding hydrogens is 262 g/mol. The quantitative estimate of drug-likeness (QED) is 0.887. The number of aliphatic hydroxyl groups is 1. The van der Waals surface area contributed by atoms with Crippen LogP contribution in [0.5, 0.6) is 0 Å². The van der Waals surface area contributed by atoms with E-state index in [1.54, 1.807) is 25.1 Å². The van der Waals surface area contributed by atoms with Crippen molar-refractivity contribution in [3.8, 4) is 0 Å². The minimum Gasteiger partial charge on any atom is -0.392 e. The van der Waals surface area contributed by atoms with E-state index in [4.69, 9.17) is 0 Å². The number of benzene rings is 1. The molecule has 0 saturated heterocycles. The van der Waals surface area contributed by atoms with Crippen LogP contribution in [0.3, 0.4) is 0 Å². The normalized spacial score (nSPS) is 23.7. The minimum absolute atomic E-state index is 0.0391. The summed E-state index contributed by atoms with van der Waals surface area (Å²) in [6, 6.07) is 5.04. The summed E-state index contributed by atoms with van der Waals surface area (Å²) in [6.45, 7) is 3.74. The number of nitrogens with one attached hydrogen (secondary N) is 1. The van der Waals surface area contributed by atoms with Crippen LogP contribution in [0.1, 0.15) is 37.3 Å². The molecule has 106 valence electrons. The highest BCUT2D eigenvalue weighted by Crippen LogP contribution is 2.27. The van der Waals surface area contributed by atoms with Crippen molar-refractivity contribution in [1.82, 2.24) is 4.72 Å². The molecule has 2 unspecified atom stereocenters. The molecule has 19 heavy (non-hydrogen) atoms. The van der Waals surface area contributed by atoms with E-state index in [1.165, 1.54) is 0 Å². The number of rotatable bonds is 4. The van der Waals surface area contributed by atoms with Crippen LogP contribution in [-0.4, -0.2) is 19.6 Å². The lowest BCUT2D eigenvalue weighted by Gasteiger charge is -2.15. The summed E-state index contributed by atoms with van der Waals surface area (Å²) in [7, 11) is -3.49. The molecule has 1 aromatic rings. The predicted octanol–water partition coefficient (Wildman–Crippen LogP) is 1.95. The van der Waals surface area contributed by atoms with Crippen molar-refractivity contribution in [3.05, 3.63) is 29.3 Å². The average Bonchev–Trinajstić information content (AvgIpc) is 2.74. The summed E-state index contributed by atoms with van der Waals surface area (Å²) < 4.78 is 27.6. The van der Waals surface area contributed by atoms with Crippen LogP contribution in [0.2, 0.25) is 0 Å². The van der Waals surface area contributed by atoms with Gasteiger partial charge in [0.15, 0.2) is 0 Å². The number of sulfonamides is 1. The summed E-state index contributed by atoms with van der Waals surface area (Å²) >= 11 is 0. The molecule has 0 amide bonds. The fourth-order valence-corrected chi connectivity index (χ4v) is 4.29. The third kappa shape index (κ3) is 3.16. The van der Waals surface area contributed by atoms with Crippen LogP contribution in [0.4, 0.5) is 0 Å². The zero-order valence-electron chi connectivity index (χ0n) is 11.4. The lowest BCUT2D eigenvalue weighted by molar-refractivity contribution is 0.280. The van der Waals surface area contributed by atoms with Crippen LogP contribution in [-0.2, 0) is 16.6 Å². The van der Waals surface area contributed by atoms with Crippen LogP contribution < -0.4 is 4.72 Å². The average molecular weight is 283 g/mol. The highest BCUT2D eigenvalue weighted by molar-refractivity contribution is 7.89. The van der Waals surface area contributed by atoms with Gasteiger partial charge in [-0.1, -0.05) is 19.1 Å². The molecule has 5 heteroatoms. The SMILES string of the molecule is Cc1c(CO)cccc1S(=O)(=O)NC1CCC(C)C1. The van der Waals surface area contributed by atoms with Gasteiger partial charge in [0, 0.05) is 6.04 Å². The second-order valence-corrected chi connectivity index (χ2v) is 7.12. The lowest BCUT2D eigenvalue weighted by Crippen LogP contribution is -2.33. The van der Waals surface area contributed by atoms with Gasteiger partial charge in [-0.15, -0.1) is 0 Å². The van der Waals surface area contributed by atoms with E-state index < -0.39 is 10.0 Å². The van der Waals surface area contributed by atoms with Gasteiger partial charge in [0.1, 0.15) is 0 Å². The van der Waals surface area contributed by atoms with Crippen LogP contribution in [0.25, 0.3) is 0 Å². The van der Waals surface area contributed by atoms with Crippen LogP contribution >= 0.6 is 0 Å². The second-order valence-electron chi connectivity index (χ2n) is 5.43. The van der Waals surface area contributed by atoms with Gasteiger partial charge in [-0.3, -0.25) is 0 Å². The van der Waals surface area contributed by atoms with Gasteiger partial charge in [-0.25, -0.2) is 13.1 Å². The fourth-order valence-electron chi connectivity index (χ4n) is 2.72. The fraction of sp³-hybridized carbons (Fsp3) is 0.571. The van der Waals surface area contributed by atoms with E-state index in [1.807, 2.05) is 0 Å². The Labute approximate surface area is 114 Å². The summed E-state index contributed by atoms with van der Waals surface area (Å²) in [6.07, 6.45) is 2.87. The first-order valence-electron chi connectivity index (χ1n) is 6.65. The molecule has 0 aliphatic heterocycles. The first kappa shape index (κ1) is 14.5. The predicted molar refractivity (Wildman–Crippen MR) is 74.2 cm³/mol. The standard InChI is InChI=1S/C14H21NO3S/c1-10-6-7-13(8-10)15-19(17,18)14-5-3-4-12(9-16)11(14)2/h3-5,10,13,15-16H,6-9H2,1-2H3. The molecule has 1 aromatic carbocycles. The van der Waals surface area contributed by atoms with Crippen molar-refractivity contribution >= 4 is 10.0 Å². The molecule has 0 aromatic heterocycles. The molecule has 0 heterocycles. The first-order valence-corrected chi connectivity index (χ1v) is 8.14. The van der Waals surface area contributed by atoms with E-state index in [9.17, 15) is 13.5 Å². The van der Waals surface area contributed by atoms with Crippen molar-refractivity contribution in [2.24, 2.45) is 5.92 Å². The Hall–Kier alpha value is -0.910. The van der Waals surface area contributed by atoms with E-state index >= 15 is 0 Å². The third-order valence-electron chi connectivity index (χ3n) is 3.87. The van der Waals surface area contributed by atoms with Gasteiger partial charge in [0.2, 0.25) is 10.0 Å². The Morgan fingerprint density at radius 3 is 2.68 bits per heavy atom. The van der Waals surface area contributed by atoms with Gasteiger partial charge in [0.25, 0.3) is 0 Å². The Bertz CT molecular complexity index is 554. The van der Waals surface area contributed by atoms with E-state index in [-0.39, 0.29) is 17.5 Å². The molecule has 0 spiro atoms. The Kier molecular flexibility index (Phi) is 4.28. The maximum Gasteiger partial charge on any atom is 0.241 e. The van der Waals surface area contributed by atoms with Gasteiger partial charge < -0.3 is 5.11 Å². The number of hydrogen-bond acceptors (Lipinski definition) is 3. The Morgan fingerprint density at radius 1 is 1.37 bits per heavy atom. The topological polar surface area (TPSA) is 66.4 Å². The molecule has 2 N–H and O–H groups in total. The molecule has 0 bridgehead atoms. The lowest BCUT2D eigenvalue weighted by atomic mass is 10.1. The monoisotopic (exact) mass is 283 g/mol. The summed E-state index contributed by atoms with van der Waals surface area (Å²) in [5.41, 5.74) is 1.28. The molecule has 1 saturated carbocycles. The molecule has 0 radical (unpaired) electrons. The third-order valence-corrected chi connectivity index (χ3v) is 5.54. The number of aliphatic hydroxyl groups excluding tert-OH is 1. The molecule has 1 aliphatic carbocycles. The van der Waals surface area contributed by atoms with Crippen molar-refractivity contribution in [1.29, 1.82) is 0 Å². The highest BCUT2D eigenvalue weighted by atomic mass is 32.2. The summed E-state index contributed by atoms with van der Waals surface area (Å²) in [5, 5.41) is 9.21. The zero-order valence-corrected chi connectivity index (χ0v) is 12.2. The van der Waals surface area contributed by atoms with Gasteiger partial charge >= 0.3 is 0 Å². The molecule has 1 aliphatic rings. The highest BCUT2D eigenvalue weighted by Gasteiger charge is 2.27. The smallest absolute Gasteiger partial charge is 0.241 e. The molecule has 2 atom stereocenters. The van der Waals surface area contributed by atoms with Crippen LogP contribution in [0, 0.1) is 12.8 Å². The zero-order chi connectivity index (χ0) is 14.0. The first-order chi connectivity index (χ1) is 8.94. The van der Waals surface area contributed by atoms with Gasteiger partial charge in [-0.05, 0) is 49.3 Å². The molecule has 4 nitrogen and oxygen atoms in total. The molecule has 1 fully saturated rings. The van der Waals surface area contributed by atoms with Crippen LogP contribution in [0.15, 0.2) is 23.1 Å². The maximum absolute atomic E-state index is 12.4. The summed E-state index contributed by atoms with van der Waals surface area (Å²) in [5.74, 6) is 0.581. The van der Waals surface area contributed by atoms with Gasteiger partial charge in [0.05, 0.1) is 11.5 Å². The Balaban J connectivity index is 2.24. The van der Waals surface area contributed by atoms with Gasteiger partial charge in [-0.2, -0.15) is 0 Å². The van der Waals surface area contributed by atoms with Crippen molar-refractivity contribution in [3.63, 3.8) is 0 Å². The maximum atomic E-state index is 12.4. The van der Waals surface area contributed by atoms with Crippen molar-refractivity contribution in [2.75, 3.05) is 0 Å². The van der Waals surface area contributed by atoms with E-state index in [0.717, 1.165) is 19.3 Å². The summed E-state index contributed by atoms with van der Waals surface area (Å²) in [4.78, 5) is 0.276. The number of hydrogen-bond donors (Lipinski definition) is 2.